The van der Waals surface area contributed by atoms with Gasteiger partial charge >= 0.3 is 0 Å². The molecule has 19 heavy (non-hydrogen) atoms. The van der Waals surface area contributed by atoms with E-state index in [-0.39, 0.29) is 11.5 Å². The van der Waals surface area contributed by atoms with E-state index in [0.717, 1.165) is 17.5 Å². The van der Waals surface area contributed by atoms with Gasteiger partial charge in [-0.1, -0.05) is 48.6 Å². The summed E-state index contributed by atoms with van der Waals surface area (Å²) in [5.41, 5.74) is 2.13. The summed E-state index contributed by atoms with van der Waals surface area (Å²) >= 11 is 0. The van der Waals surface area contributed by atoms with E-state index in [9.17, 15) is 0 Å². The molecule has 2 nitrogen and oxygen atoms in total. The van der Waals surface area contributed by atoms with Gasteiger partial charge in [-0.25, -0.2) is 0 Å². The SMILES string of the molecule is Oc1ccc(/C=C\C/C=C\c2ccc(O)cc2)cc1. The van der Waals surface area contributed by atoms with Crippen LogP contribution in [0.15, 0.2) is 60.7 Å². The van der Waals surface area contributed by atoms with Gasteiger partial charge in [0, 0.05) is 0 Å². The molecule has 0 aliphatic carbocycles. The highest BCUT2D eigenvalue weighted by Gasteiger charge is 1.88. The van der Waals surface area contributed by atoms with Gasteiger partial charge in [0.1, 0.15) is 11.5 Å². The number of phenols is 2. The number of phenolic OH excluding ortho intramolecular Hbond substituents is 2. The van der Waals surface area contributed by atoms with Crippen molar-refractivity contribution in [3.05, 3.63) is 71.8 Å². The summed E-state index contributed by atoms with van der Waals surface area (Å²) in [6, 6.07) is 14.2. The summed E-state index contributed by atoms with van der Waals surface area (Å²) in [6.45, 7) is 0. The van der Waals surface area contributed by atoms with Crippen molar-refractivity contribution in [3.8, 4) is 11.5 Å². The van der Waals surface area contributed by atoms with Gasteiger partial charge in [-0.3, -0.25) is 0 Å². The number of rotatable bonds is 4. The molecule has 0 aliphatic heterocycles. The Balaban J connectivity index is 1.86. The second kappa shape index (κ2) is 6.45. The summed E-state index contributed by atoms with van der Waals surface area (Å²) in [6.07, 6.45) is 8.98. The Kier molecular flexibility index (Phi) is 4.40. The second-order valence-electron chi connectivity index (χ2n) is 4.22. The molecule has 0 saturated heterocycles. The molecule has 2 aromatic rings. The average molecular weight is 252 g/mol. The van der Waals surface area contributed by atoms with Crippen LogP contribution in [0.2, 0.25) is 0 Å². The van der Waals surface area contributed by atoms with Gasteiger partial charge < -0.3 is 10.2 Å². The first-order chi connectivity index (χ1) is 9.24. The van der Waals surface area contributed by atoms with Crippen LogP contribution in [-0.2, 0) is 0 Å². The Morgan fingerprint density at radius 3 is 1.37 bits per heavy atom. The van der Waals surface area contributed by atoms with Crippen LogP contribution < -0.4 is 0 Å². The van der Waals surface area contributed by atoms with E-state index in [4.69, 9.17) is 10.2 Å². The van der Waals surface area contributed by atoms with E-state index in [1.165, 1.54) is 0 Å². The maximum Gasteiger partial charge on any atom is 0.115 e. The van der Waals surface area contributed by atoms with Crippen molar-refractivity contribution in [2.45, 2.75) is 6.42 Å². The van der Waals surface area contributed by atoms with Crippen LogP contribution in [0.1, 0.15) is 17.5 Å². The van der Waals surface area contributed by atoms with Crippen LogP contribution in [0.5, 0.6) is 11.5 Å². The van der Waals surface area contributed by atoms with Crippen LogP contribution in [0.3, 0.4) is 0 Å². The molecule has 0 amide bonds. The minimum Gasteiger partial charge on any atom is -0.508 e. The zero-order valence-corrected chi connectivity index (χ0v) is 10.5. The lowest BCUT2D eigenvalue weighted by Gasteiger charge is -1.94. The van der Waals surface area contributed by atoms with Crippen molar-refractivity contribution in [3.63, 3.8) is 0 Å². The lowest BCUT2D eigenvalue weighted by molar-refractivity contribution is 0.474. The molecule has 0 radical (unpaired) electrons. The molecule has 96 valence electrons. The summed E-state index contributed by atoms with van der Waals surface area (Å²) in [5, 5.41) is 18.3. The number of hydrogen-bond acceptors (Lipinski definition) is 2. The number of benzene rings is 2. The molecule has 0 saturated carbocycles. The lowest BCUT2D eigenvalue weighted by Crippen LogP contribution is -1.71. The monoisotopic (exact) mass is 252 g/mol. The smallest absolute Gasteiger partial charge is 0.115 e. The molecule has 2 aromatic carbocycles. The van der Waals surface area contributed by atoms with Crippen molar-refractivity contribution >= 4 is 12.2 Å². The largest absolute Gasteiger partial charge is 0.508 e. The van der Waals surface area contributed by atoms with Crippen LogP contribution in [0, 0.1) is 0 Å². The van der Waals surface area contributed by atoms with Gasteiger partial charge in [-0.05, 0) is 41.8 Å². The molecular formula is C17H16O2. The molecular weight excluding hydrogens is 236 g/mol. The van der Waals surface area contributed by atoms with Gasteiger partial charge in [-0.2, -0.15) is 0 Å². The van der Waals surface area contributed by atoms with E-state index in [1.54, 1.807) is 24.3 Å². The molecule has 0 aromatic heterocycles. The summed E-state index contributed by atoms with van der Waals surface area (Å²) in [4.78, 5) is 0. The van der Waals surface area contributed by atoms with Crippen LogP contribution >= 0.6 is 0 Å². The number of hydrogen-bond donors (Lipinski definition) is 2. The zero-order valence-electron chi connectivity index (χ0n) is 10.5. The van der Waals surface area contributed by atoms with E-state index in [0.29, 0.717) is 0 Å². The molecule has 0 unspecified atom stereocenters. The first kappa shape index (κ1) is 13.0. The van der Waals surface area contributed by atoms with Crippen LogP contribution in [0.25, 0.3) is 12.2 Å². The van der Waals surface area contributed by atoms with Gasteiger partial charge in [0.25, 0.3) is 0 Å². The summed E-state index contributed by atoms with van der Waals surface area (Å²) in [7, 11) is 0. The van der Waals surface area contributed by atoms with Gasteiger partial charge in [-0.15, -0.1) is 0 Å². The standard InChI is InChI=1S/C17H16O2/c18-16-10-6-14(7-11-16)4-2-1-3-5-15-8-12-17(19)13-9-15/h2-13,18-19H,1H2/b4-2-,5-3-. The van der Waals surface area contributed by atoms with Gasteiger partial charge in [0.05, 0.1) is 0 Å². The highest BCUT2D eigenvalue weighted by molar-refractivity contribution is 5.53. The molecule has 2 rings (SSSR count). The van der Waals surface area contributed by atoms with Crippen molar-refractivity contribution in [1.82, 2.24) is 0 Å². The van der Waals surface area contributed by atoms with Crippen molar-refractivity contribution < 1.29 is 10.2 Å². The molecule has 0 fully saturated rings. The molecule has 0 bridgehead atoms. The summed E-state index contributed by atoms with van der Waals surface area (Å²) < 4.78 is 0. The fourth-order valence-corrected chi connectivity index (χ4v) is 1.66. The molecule has 2 heteroatoms. The number of allylic oxidation sites excluding steroid dienone is 2. The Bertz CT molecular complexity index is 510. The highest BCUT2D eigenvalue weighted by atomic mass is 16.3. The molecule has 0 spiro atoms. The molecule has 2 N–H and O–H groups in total. The third-order valence-corrected chi connectivity index (χ3v) is 2.68. The maximum absolute atomic E-state index is 9.16. The average Bonchev–Trinajstić information content (AvgIpc) is 2.43. The van der Waals surface area contributed by atoms with E-state index in [2.05, 4.69) is 12.2 Å². The molecule has 0 atom stereocenters. The van der Waals surface area contributed by atoms with Crippen LogP contribution in [-0.4, -0.2) is 10.2 Å². The third-order valence-electron chi connectivity index (χ3n) is 2.68. The Morgan fingerprint density at radius 1 is 0.632 bits per heavy atom. The third kappa shape index (κ3) is 4.36. The summed E-state index contributed by atoms with van der Waals surface area (Å²) in [5.74, 6) is 0.564. The number of aromatic hydroxyl groups is 2. The predicted octanol–water partition coefficient (Wildman–Crippen LogP) is 4.21. The normalized spacial score (nSPS) is 11.4. The van der Waals surface area contributed by atoms with Gasteiger partial charge in [0.2, 0.25) is 0 Å². The van der Waals surface area contributed by atoms with E-state index in [1.807, 2.05) is 36.4 Å². The van der Waals surface area contributed by atoms with Crippen LogP contribution in [0.4, 0.5) is 0 Å². The minimum atomic E-state index is 0.282. The topological polar surface area (TPSA) is 40.5 Å². The zero-order chi connectivity index (χ0) is 13.5. The Morgan fingerprint density at radius 2 is 1.00 bits per heavy atom. The molecule has 0 heterocycles. The van der Waals surface area contributed by atoms with Crippen molar-refractivity contribution in [2.75, 3.05) is 0 Å². The predicted molar refractivity (Wildman–Crippen MR) is 78.9 cm³/mol. The second-order valence-corrected chi connectivity index (χ2v) is 4.22. The Hall–Kier alpha value is -2.48. The van der Waals surface area contributed by atoms with Crippen molar-refractivity contribution in [2.24, 2.45) is 0 Å². The lowest BCUT2D eigenvalue weighted by atomic mass is 10.1. The minimum absolute atomic E-state index is 0.282. The fourth-order valence-electron chi connectivity index (χ4n) is 1.66. The fraction of sp³-hybridized carbons (Fsp3) is 0.0588. The first-order valence-corrected chi connectivity index (χ1v) is 6.15. The Labute approximate surface area is 113 Å². The van der Waals surface area contributed by atoms with Crippen molar-refractivity contribution in [1.29, 1.82) is 0 Å². The maximum atomic E-state index is 9.16. The van der Waals surface area contributed by atoms with E-state index >= 15 is 0 Å². The van der Waals surface area contributed by atoms with Gasteiger partial charge in [0.15, 0.2) is 0 Å². The highest BCUT2D eigenvalue weighted by Crippen LogP contribution is 2.12. The molecule has 0 aliphatic rings. The first-order valence-electron chi connectivity index (χ1n) is 6.15. The van der Waals surface area contributed by atoms with E-state index < -0.39 is 0 Å². The quantitative estimate of drug-likeness (QED) is 0.855.